The van der Waals surface area contributed by atoms with E-state index in [-0.39, 0.29) is 11.5 Å². The van der Waals surface area contributed by atoms with E-state index in [1.807, 2.05) is 30.3 Å². The molecule has 1 aliphatic rings. The van der Waals surface area contributed by atoms with Gasteiger partial charge in [-0.3, -0.25) is 4.79 Å². The number of likely N-dealkylation sites (N-methyl/N-ethyl adjacent to an activating group) is 1. The molecule has 2 N–H and O–H groups in total. The lowest BCUT2D eigenvalue weighted by Crippen LogP contribution is -2.26. The van der Waals surface area contributed by atoms with Gasteiger partial charge in [-0.25, -0.2) is 4.98 Å². The van der Waals surface area contributed by atoms with Gasteiger partial charge in [-0.1, -0.05) is 30.3 Å². The maximum Gasteiger partial charge on any atom is 0.151 e. The van der Waals surface area contributed by atoms with Gasteiger partial charge in [-0.2, -0.15) is 0 Å². The summed E-state index contributed by atoms with van der Waals surface area (Å²) in [6.45, 7) is 2.04. The van der Waals surface area contributed by atoms with Crippen LogP contribution in [0.1, 0.15) is 16.7 Å². The van der Waals surface area contributed by atoms with Crippen molar-refractivity contribution in [3.63, 3.8) is 0 Å². The van der Waals surface area contributed by atoms with E-state index in [4.69, 9.17) is 4.98 Å². The summed E-state index contributed by atoms with van der Waals surface area (Å²) < 4.78 is 0. The number of nitrogens with zero attached hydrogens (tertiary/aromatic N) is 2. The van der Waals surface area contributed by atoms with Gasteiger partial charge in [0.15, 0.2) is 5.78 Å². The number of ketones is 1. The third-order valence-electron chi connectivity index (χ3n) is 5.37. The fourth-order valence-electron chi connectivity index (χ4n) is 3.85. The molecule has 0 saturated heterocycles. The van der Waals surface area contributed by atoms with Crippen molar-refractivity contribution < 1.29 is 9.90 Å². The molecule has 4 rings (SSSR count). The first-order chi connectivity index (χ1) is 13.6. The maximum atomic E-state index is 12.7. The van der Waals surface area contributed by atoms with Gasteiger partial charge >= 0.3 is 0 Å². The number of fused-ring (bicyclic) bond motifs is 2. The van der Waals surface area contributed by atoms with Crippen molar-refractivity contribution in [2.75, 3.05) is 31.6 Å². The van der Waals surface area contributed by atoms with E-state index in [1.165, 1.54) is 5.56 Å². The van der Waals surface area contributed by atoms with Crippen LogP contribution in [0.15, 0.2) is 48.5 Å². The summed E-state index contributed by atoms with van der Waals surface area (Å²) in [4.78, 5) is 19.6. The maximum absolute atomic E-state index is 12.7. The number of hydrogen-bond acceptors (Lipinski definition) is 5. The number of anilines is 1. The number of carbonyl (C=O) groups excluding carboxylic acids is 1. The Morgan fingerprint density at radius 3 is 2.79 bits per heavy atom. The Balaban J connectivity index is 1.42. The first-order valence-electron chi connectivity index (χ1n) is 9.74. The van der Waals surface area contributed by atoms with E-state index in [9.17, 15) is 9.90 Å². The van der Waals surface area contributed by atoms with Gasteiger partial charge in [0, 0.05) is 31.0 Å². The minimum atomic E-state index is 0.193. The monoisotopic (exact) mass is 375 g/mol. The second-order valence-electron chi connectivity index (χ2n) is 7.39. The highest BCUT2D eigenvalue weighted by molar-refractivity contribution is 5.92. The number of pyridine rings is 1. The Morgan fingerprint density at radius 1 is 1.18 bits per heavy atom. The van der Waals surface area contributed by atoms with Gasteiger partial charge in [-0.15, -0.1) is 0 Å². The number of benzene rings is 2. The van der Waals surface area contributed by atoms with Crippen LogP contribution in [0.3, 0.4) is 0 Å². The molecule has 0 amide bonds. The Kier molecular flexibility index (Phi) is 5.26. The number of aromatic nitrogens is 1. The molecule has 0 spiro atoms. The van der Waals surface area contributed by atoms with Crippen LogP contribution in [0.25, 0.3) is 10.9 Å². The van der Waals surface area contributed by atoms with Gasteiger partial charge in [0.2, 0.25) is 0 Å². The number of rotatable bonds is 7. The standard InChI is InChI=1S/C23H25N3O2/c1-26-13-11-20-21(19-4-2-3-5-22(19)25-23(20)26)14-18(28)15-24-12-10-16-6-8-17(27)9-7-16/h2-9,24,27H,10-15H2,1H3. The second kappa shape index (κ2) is 7.98. The molecule has 0 radical (unpaired) electrons. The van der Waals surface area contributed by atoms with Crippen LogP contribution in [0.2, 0.25) is 0 Å². The van der Waals surface area contributed by atoms with Crippen molar-refractivity contribution >= 4 is 22.5 Å². The molecular formula is C23H25N3O2. The van der Waals surface area contributed by atoms with Crippen molar-refractivity contribution in [1.29, 1.82) is 0 Å². The predicted molar refractivity (Wildman–Crippen MR) is 112 cm³/mol. The van der Waals surface area contributed by atoms with Crippen LogP contribution in [-0.2, 0) is 24.1 Å². The Hall–Kier alpha value is -2.92. The number of phenols is 1. The second-order valence-corrected chi connectivity index (χ2v) is 7.39. The summed E-state index contributed by atoms with van der Waals surface area (Å²) in [6.07, 6.45) is 2.21. The van der Waals surface area contributed by atoms with Crippen LogP contribution in [-0.4, -0.2) is 42.6 Å². The van der Waals surface area contributed by atoms with Gasteiger partial charge in [0.1, 0.15) is 11.6 Å². The van der Waals surface area contributed by atoms with Crippen LogP contribution in [0, 0.1) is 0 Å². The number of Topliss-reactive ketones (excluding diaryl/α,β-unsaturated/α-hetero) is 1. The highest BCUT2D eigenvalue weighted by atomic mass is 16.3. The number of carbonyl (C=O) groups is 1. The van der Waals surface area contributed by atoms with Crippen LogP contribution in [0.5, 0.6) is 5.75 Å². The average molecular weight is 375 g/mol. The van der Waals surface area contributed by atoms with E-state index in [1.54, 1.807) is 12.1 Å². The minimum Gasteiger partial charge on any atom is -0.508 e. The summed E-state index contributed by atoms with van der Waals surface area (Å²) in [5.41, 5.74) is 4.45. The molecule has 1 aromatic heterocycles. The highest BCUT2D eigenvalue weighted by Crippen LogP contribution is 2.33. The fraction of sp³-hybridized carbons (Fsp3) is 0.304. The predicted octanol–water partition coefficient (Wildman–Crippen LogP) is 2.88. The minimum absolute atomic E-state index is 0.193. The summed E-state index contributed by atoms with van der Waals surface area (Å²) >= 11 is 0. The van der Waals surface area contributed by atoms with E-state index in [0.717, 1.165) is 53.8 Å². The number of phenolic OH excluding ortho intramolecular Hbond substituents is 1. The molecule has 0 unspecified atom stereocenters. The number of hydrogen-bond donors (Lipinski definition) is 2. The third kappa shape index (κ3) is 3.85. The third-order valence-corrected chi connectivity index (χ3v) is 5.37. The van der Waals surface area contributed by atoms with Gasteiger partial charge in [-0.05, 0) is 48.7 Å². The fourth-order valence-corrected chi connectivity index (χ4v) is 3.85. The lowest BCUT2D eigenvalue weighted by Gasteiger charge is -2.15. The van der Waals surface area contributed by atoms with Crippen molar-refractivity contribution in [3.05, 3.63) is 65.2 Å². The molecule has 2 heterocycles. The van der Waals surface area contributed by atoms with E-state index < -0.39 is 0 Å². The molecule has 0 fully saturated rings. The smallest absolute Gasteiger partial charge is 0.151 e. The number of aromatic hydroxyl groups is 1. The molecule has 3 aromatic rings. The zero-order valence-corrected chi connectivity index (χ0v) is 16.1. The molecule has 1 aliphatic heterocycles. The molecule has 144 valence electrons. The molecule has 5 heteroatoms. The van der Waals surface area contributed by atoms with Crippen LogP contribution in [0.4, 0.5) is 5.82 Å². The molecule has 0 atom stereocenters. The topological polar surface area (TPSA) is 65.5 Å². The van der Waals surface area contributed by atoms with Crippen molar-refractivity contribution in [2.45, 2.75) is 19.3 Å². The zero-order valence-electron chi connectivity index (χ0n) is 16.1. The first-order valence-corrected chi connectivity index (χ1v) is 9.74. The Labute approximate surface area is 165 Å². The molecule has 0 aliphatic carbocycles. The number of para-hydroxylation sites is 1. The molecular weight excluding hydrogens is 350 g/mol. The normalized spacial score (nSPS) is 13.1. The van der Waals surface area contributed by atoms with E-state index in [0.29, 0.717) is 13.0 Å². The SMILES string of the molecule is CN1CCc2c1nc1ccccc1c2CC(=O)CNCCc1ccc(O)cc1. The molecule has 5 nitrogen and oxygen atoms in total. The lowest BCUT2D eigenvalue weighted by atomic mass is 9.97. The largest absolute Gasteiger partial charge is 0.508 e. The van der Waals surface area contributed by atoms with Crippen molar-refractivity contribution in [3.8, 4) is 5.75 Å². The molecule has 2 aromatic carbocycles. The summed E-state index contributed by atoms with van der Waals surface area (Å²) in [5, 5.41) is 13.7. The highest BCUT2D eigenvalue weighted by Gasteiger charge is 2.24. The Bertz CT molecular complexity index is 999. The van der Waals surface area contributed by atoms with E-state index >= 15 is 0 Å². The van der Waals surface area contributed by atoms with Gasteiger partial charge in [0.25, 0.3) is 0 Å². The van der Waals surface area contributed by atoms with Crippen molar-refractivity contribution in [2.24, 2.45) is 0 Å². The number of nitrogens with one attached hydrogen (secondary N) is 1. The molecule has 28 heavy (non-hydrogen) atoms. The van der Waals surface area contributed by atoms with E-state index in [2.05, 4.69) is 23.3 Å². The quantitative estimate of drug-likeness (QED) is 0.622. The first kappa shape index (κ1) is 18.4. The zero-order chi connectivity index (χ0) is 19.5. The van der Waals surface area contributed by atoms with Gasteiger partial charge in [0.05, 0.1) is 12.1 Å². The van der Waals surface area contributed by atoms with Crippen LogP contribution >= 0.6 is 0 Å². The lowest BCUT2D eigenvalue weighted by molar-refractivity contribution is -0.117. The Morgan fingerprint density at radius 2 is 1.96 bits per heavy atom. The van der Waals surface area contributed by atoms with Gasteiger partial charge < -0.3 is 15.3 Å². The summed E-state index contributed by atoms with van der Waals surface area (Å²) in [6, 6.07) is 15.3. The van der Waals surface area contributed by atoms with Crippen molar-refractivity contribution in [1.82, 2.24) is 10.3 Å². The van der Waals surface area contributed by atoms with Crippen LogP contribution < -0.4 is 10.2 Å². The summed E-state index contributed by atoms with van der Waals surface area (Å²) in [7, 11) is 2.06. The average Bonchev–Trinajstić information content (AvgIpc) is 3.07. The summed E-state index contributed by atoms with van der Waals surface area (Å²) in [5.74, 6) is 1.48. The molecule has 0 saturated carbocycles. The molecule has 0 bridgehead atoms.